The van der Waals surface area contributed by atoms with Crippen molar-refractivity contribution in [3.8, 4) is 0 Å². The van der Waals surface area contributed by atoms with Crippen LogP contribution in [0.3, 0.4) is 0 Å². The number of hydrogen-bond acceptors (Lipinski definition) is 3. The van der Waals surface area contributed by atoms with Gasteiger partial charge < -0.3 is 10.5 Å². The molecule has 0 atom stereocenters. The Kier molecular flexibility index (Phi) is 4.34. The first kappa shape index (κ1) is 14.5. The molecule has 0 saturated carbocycles. The molecule has 0 amide bonds. The second-order valence-electron chi connectivity index (χ2n) is 4.09. The van der Waals surface area contributed by atoms with Crippen molar-refractivity contribution in [2.75, 3.05) is 5.73 Å². The van der Waals surface area contributed by atoms with E-state index in [9.17, 15) is 13.6 Å². The smallest absolute Gasteiger partial charge is 0.338 e. The topological polar surface area (TPSA) is 52.3 Å². The summed E-state index contributed by atoms with van der Waals surface area (Å²) in [6, 6.07) is 7.70. The Morgan fingerprint density at radius 3 is 2.60 bits per heavy atom. The lowest BCUT2D eigenvalue weighted by molar-refractivity contribution is 0.0469. The maximum Gasteiger partial charge on any atom is 0.338 e. The van der Waals surface area contributed by atoms with Crippen molar-refractivity contribution >= 4 is 27.6 Å². The lowest BCUT2D eigenvalue weighted by Crippen LogP contribution is -2.07. The van der Waals surface area contributed by atoms with E-state index in [1.165, 1.54) is 12.1 Å². The van der Waals surface area contributed by atoms with Crippen molar-refractivity contribution in [3.63, 3.8) is 0 Å². The Morgan fingerprint density at radius 2 is 1.95 bits per heavy atom. The molecular formula is C14H10BrF2NO2. The summed E-state index contributed by atoms with van der Waals surface area (Å²) in [6.45, 7) is -0.280. The first-order valence-corrected chi connectivity index (χ1v) is 6.42. The molecule has 2 aromatic rings. The van der Waals surface area contributed by atoms with E-state index in [-0.39, 0.29) is 17.7 Å². The number of rotatable bonds is 3. The van der Waals surface area contributed by atoms with Gasteiger partial charge in [0, 0.05) is 21.8 Å². The van der Waals surface area contributed by atoms with E-state index in [2.05, 4.69) is 15.9 Å². The summed E-state index contributed by atoms with van der Waals surface area (Å²) < 4.78 is 31.7. The van der Waals surface area contributed by atoms with Crippen molar-refractivity contribution < 1.29 is 18.3 Å². The van der Waals surface area contributed by atoms with Crippen LogP contribution in [0.15, 0.2) is 40.9 Å². The molecule has 0 aliphatic rings. The first-order chi connectivity index (χ1) is 9.45. The van der Waals surface area contributed by atoms with Gasteiger partial charge >= 0.3 is 5.97 Å². The molecule has 2 aromatic carbocycles. The minimum absolute atomic E-state index is 0.0997. The molecule has 0 spiro atoms. The molecule has 6 heteroatoms. The lowest BCUT2D eigenvalue weighted by Gasteiger charge is -2.07. The van der Waals surface area contributed by atoms with Gasteiger partial charge in [-0.3, -0.25) is 0 Å². The number of hydrogen-bond donors (Lipinski definition) is 1. The maximum absolute atomic E-state index is 13.4. The highest BCUT2D eigenvalue weighted by molar-refractivity contribution is 9.10. The van der Waals surface area contributed by atoms with Gasteiger partial charge in [0.15, 0.2) is 0 Å². The molecule has 0 aromatic heterocycles. The number of anilines is 1. The van der Waals surface area contributed by atoms with Crippen molar-refractivity contribution in [2.45, 2.75) is 6.61 Å². The monoisotopic (exact) mass is 341 g/mol. The molecule has 0 unspecified atom stereocenters. The molecule has 0 heterocycles. The van der Waals surface area contributed by atoms with Crippen LogP contribution in [0, 0.1) is 11.6 Å². The number of nitrogens with two attached hydrogens (primary N) is 1. The van der Waals surface area contributed by atoms with Crippen LogP contribution in [0.4, 0.5) is 14.5 Å². The second-order valence-corrected chi connectivity index (χ2v) is 5.00. The zero-order valence-electron chi connectivity index (χ0n) is 10.2. The largest absolute Gasteiger partial charge is 0.457 e. The number of benzene rings is 2. The van der Waals surface area contributed by atoms with Gasteiger partial charge in [-0.1, -0.05) is 15.9 Å². The first-order valence-electron chi connectivity index (χ1n) is 5.63. The summed E-state index contributed by atoms with van der Waals surface area (Å²) >= 11 is 3.21. The van der Waals surface area contributed by atoms with E-state index in [0.717, 1.165) is 12.1 Å². The Labute approximate surface area is 122 Å². The molecule has 0 saturated heterocycles. The molecule has 0 aliphatic heterocycles. The van der Waals surface area contributed by atoms with E-state index < -0.39 is 17.6 Å². The lowest BCUT2D eigenvalue weighted by atomic mass is 10.2. The van der Waals surface area contributed by atoms with Crippen molar-refractivity contribution in [1.82, 2.24) is 0 Å². The zero-order valence-corrected chi connectivity index (χ0v) is 11.8. The predicted octanol–water partition coefficient (Wildman–Crippen LogP) is 3.67. The summed E-state index contributed by atoms with van der Waals surface area (Å²) in [5.41, 5.74) is 6.36. The van der Waals surface area contributed by atoms with E-state index in [1.54, 1.807) is 12.1 Å². The summed E-state index contributed by atoms with van der Waals surface area (Å²) in [7, 11) is 0. The molecule has 2 rings (SSSR count). The minimum atomic E-state index is -0.758. The molecule has 0 fully saturated rings. The van der Waals surface area contributed by atoms with Crippen LogP contribution in [0.5, 0.6) is 0 Å². The summed E-state index contributed by atoms with van der Waals surface area (Å²) in [4.78, 5) is 11.8. The highest BCUT2D eigenvalue weighted by atomic mass is 79.9. The standard InChI is InChI=1S/C14H10BrF2NO2/c15-10-3-9(4-12(18)5-10)14(19)20-7-8-1-2-11(16)6-13(8)17/h1-6H,7,18H2. The van der Waals surface area contributed by atoms with Gasteiger partial charge in [0.2, 0.25) is 0 Å². The normalized spacial score (nSPS) is 10.3. The van der Waals surface area contributed by atoms with Gasteiger partial charge in [0.25, 0.3) is 0 Å². The Hall–Kier alpha value is -1.95. The molecule has 20 heavy (non-hydrogen) atoms. The van der Waals surface area contributed by atoms with E-state index in [0.29, 0.717) is 10.2 Å². The molecule has 0 aliphatic carbocycles. The van der Waals surface area contributed by atoms with Crippen LogP contribution in [-0.4, -0.2) is 5.97 Å². The van der Waals surface area contributed by atoms with Crippen LogP contribution >= 0.6 is 15.9 Å². The van der Waals surface area contributed by atoms with E-state index >= 15 is 0 Å². The fourth-order valence-corrected chi connectivity index (χ4v) is 2.11. The number of carbonyl (C=O) groups excluding carboxylic acids is 1. The Bertz CT molecular complexity index is 641. The van der Waals surface area contributed by atoms with Gasteiger partial charge in [0.1, 0.15) is 18.2 Å². The quantitative estimate of drug-likeness (QED) is 0.684. The molecule has 0 bridgehead atoms. The number of nitrogen functional groups attached to an aromatic ring is 1. The summed E-state index contributed by atoms with van der Waals surface area (Å²) in [6.07, 6.45) is 0. The number of carbonyl (C=O) groups is 1. The Balaban J connectivity index is 2.08. The van der Waals surface area contributed by atoms with Gasteiger partial charge in [-0.15, -0.1) is 0 Å². The summed E-state index contributed by atoms with van der Waals surface area (Å²) in [5.74, 6) is -2.08. The minimum Gasteiger partial charge on any atom is -0.457 e. The van der Waals surface area contributed by atoms with Crippen LogP contribution in [-0.2, 0) is 11.3 Å². The zero-order chi connectivity index (χ0) is 14.7. The van der Waals surface area contributed by atoms with E-state index in [4.69, 9.17) is 10.5 Å². The van der Waals surface area contributed by atoms with Gasteiger partial charge in [-0.05, 0) is 30.3 Å². The molecule has 0 radical (unpaired) electrons. The van der Waals surface area contributed by atoms with Crippen LogP contribution in [0.25, 0.3) is 0 Å². The fourth-order valence-electron chi connectivity index (χ4n) is 1.60. The predicted molar refractivity (Wildman–Crippen MR) is 74.0 cm³/mol. The van der Waals surface area contributed by atoms with Crippen molar-refractivity contribution in [1.29, 1.82) is 0 Å². The number of halogens is 3. The molecule has 3 nitrogen and oxygen atoms in total. The number of esters is 1. The SMILES string of the molecule is Nc1cc(Br)cc(C(=O)OCc2ccc(F)cc2F)c1. The number of ether oxygens (including phenoxy) is 1. The third kappa shape index (κ3) is 3.54. The van der Waals surface area contributed by atoms with Gasteiger partial charge in [-0.25, -0.2) is 13.6 Å². The summed E-state index contributed by atoms with van der Waals surface area (Å²) in [5, 5.41) is 0. The van der Waals surface area contributed by atoms with Crippen LogP contribution in [0.1, 0.15) is 15.9 Å². The average molecular weight is 342 g/mol. The third-order valence-electron chi connectivity index (χ3n) is 2.53. The van der Waals surface area contributed by atoms with Gasteiger partial charge in [0.05, 0.1) is 5.56 Å². The van der Waals surface area contributed by atoms with E-state index in [1.807, 2.05) is 0 Å². The highest BCUT2D eigenvalue weighted by Gasteiger charge is 2.11. The van der Waals surface area contributed by atoms with Crippen molar-refractivity contribution in [3.05, 3.63) is 63.6 Å². The highest BCUT2D eigenvalue weighted by Crippen LogP contribution is 2.19. The maximum atomic E-state index is 13.4. The van der Waals surface area contributed by atoms with Gasteiger partial charge in [-0.2, -0.15) is 0 Å². The van der Waals surface area contributed by atoms with Crippen LogP contribution in [0.2, 0.25) is 0 Å². The molecular weight excluding hydrogens is 332 g/mol. The molecule has 104 valence electrons. The Morgan fingerprint density at radius 1 is 1.20 bits per heavy atom. The third-order valence-corrected chi connectivity index (χ3v) is 2.99. The second kappa shape index (κ2) is 6.00. The fraction of sp³-hybridized carbons (Fsp3) is 0.0714. The average Bonchev–Trinajstić information content (AvgIpc) is 2.36. The van der Waals surface area contributed by atoms with Crippen molar-refractivity contribution in [2.24, 2.45) is 0 Å². The van der Waals surface area contributed by atoms with Crippen LogP contribution < -0.4 is 5.73 Å². The molecule has 2 N–H and O–H groups in total.